The second kappa shape index (κ2) is 8.13. The molecule has 4 aromatic rings. The van der Waals surface area contributed by atoms with Crippen molar-refractivity contribution in [2.45, 2.75) is 31.6 Å². The van der Waals surface area contributed by atoms with E-state index in [1.54, 1.807) is 37.3 Å². The van der Waals surface area contributed by atoms with Gasteiger partial charge in [-0.15, -0.1) is 0 Å². The second-order valence-electron chi connectivity index (χ2n) is 7.37. The number of rotatable bonds is 6. The lowest BCUT2D eigenvalue weighted by Crippen LogP contribution is -2.14. The molecule has 0 aliphatic heterocycles. The van der Waals surface area contributed by atoms with Gasteiger partial charge in [0.25, 0.3) is 10.0 Å². The summed E-state index contributed by atoms with van der Waals surface area (Å²) in [6, 6.07) is 18.4. The Bertz CT molecular complexity index is 1310. The van der Waals surface area contributed by atoms with Crippen LogP contribution in [-0.2, 0) is 22.9 Å². The summed E-state index contributed by atoms with van der Waals surface area (Å²) in [5.41, 5.74) is 5.36. The molecule has 1 heterocycles. The van der Waals surface area contributed by atoms with Crippen LogP contribution in [0.1, 0.15) is 22.5 Å². The molecule has 0 aliphatic rings. The lowest BCUT2D eigenvalue weighted by Gasteiger charge is -2.11. The van der Waals surface area contributed by atoms with Crippen LogP contribution in [0.5, 0.6) is 0 Å². The van der Waals surface area contributed by atoms with E-state index in [1.807, 2.05) is 18.2 Å². The van der Waals surface area contributed by atoms with E-state index in [9.17, 15) is 8.42 Å². The molecule has 0 radical (unpaired) electrons. The van der Waals surface area contributed by atoms with E-state index in [-0.39, 0.29) is 4.90 Å². The largest absolute Gasteiger partial charge is 0.342 e. The fourth-order valence-electron chi connectivity index (χ4n) is 3.39. The van der Waals surface area contributed by atoms with Crippen molar-refractivity contribution in [1.82, 2.24) is 9.97 Å². The Hall–Kier alpha value is -2.83. The summed E-state index contributed by atoms with van der Waals surface area (Å²) in [4.78, 5) is 8.17. The summed E-state index contributed by atoms with van der Waals surface area (Å²) in [6.07, 6.45) is 1.58. The average molecular weight is 440 g/mol. The molecule has 7 heteroatoms. The Morgan fingerprint density at radius 2 is 1.77 bits per heavy atom. The molecule has 0 atom stereocenters. The van der Waals surface area contributed by atoms with Gasteiger partial charge in [0.15, 0.2) is 0 Å². The Kier molecular flexibility index (Phi) is 5.54. The van der Waals surface area contributed by atoms with E-state index in [0.29, 0.717) is 16.3 Å². The van der Waals surface area contributed by atoms with Crippen LogP contribution in [0, 0.1) is 13.8 Å². The van der Waals surface area contributed by atoms with Crippen molar-refractivity contribution >= 4 is 38.3 Å². The lowest BCUT2D eigenvalue weighted by molar-refractivity contribution is 0.600. The van der Waals surface area contributed by atoms with Crippen LogP contribution < -0.4 is 4.72 Å². The number of hydrogen-bond acceptors (Lipinski definition) is 3. The zero-order valence-corrected chi connectivity index (χ0v) is 18.3. The van der Waals surface area contributed by atoms with Crippen molar-refractivity contribution in [3.8, 4) is 0 Å². The van der Waals surface area contributed by atoms with E-state index < -0.39 is 10.0 Å². The highest BCUT2D eigenvalue weighted by Crippen LogP contribution is 2.25. The third kappa shape index (κ3) is 4.35. The van der Waals surface area contributed by atoms with Crippen LogP contribution in [0.25, 0.3) is 11.0 Å². The van der Waals surface area contributed by atoms with E-state index >= 15 is 0 Å². The van der Waals surface area contributed by atoms with Crippen molar-refractivity contribution in [1.29, 1.82) is 0 Å². The summed E-state index contributed by atoms with van der Waals surface area (Å²) >= 11 is 6.06. The maximum absolute atomic E-state index is 12.7. The number of imidazole rings is 1. The van der Waals surface area contributed by atoms with Gasteiger partial charge < -0.3 is 4.98 Å². The molecule has 5 nitrogen and oxygen atoms in total. The predicted molar refractivity (Wildman–Crippen MR) is 122 cm³/mol. The number of H-pyrrole nitrogens is 1. The van der Waals surface area contributed by atoms with Gasteiger partial charge in [0.05, 0.1) is 15.9 Å². The molecule has 2 N–H and O–H groups in total. The fourth-order valence-corrected chi connectivity index (χ4v) is 4.94. The van der Waals surface area contributed by atoms with Crippen LogP contribution in [0.3, 0.4) is 0 Å². The molecule has 0 spiro atoms. The van der Waals surface area contributed by atoms with Crippen molar-refractivity contribution in [2.75, 3.05) is 4.72 Å². The molecule has 0 aliphatic carbocycles. The summed E-state index contributed by atoms with van der Waals surface area (Å²) in [5, 5.41) is 0.425. The normalized spacial score (nSPS) is 11.7. The van der Waals surface area contributed by atoms with Gasteiger partial charge in [-0.25, -0.2) is 13.4 Å². The lowest BCUT2D eigenvalue weighted by atomic mass is 10.1. The molecular formula is C23H22ClN3O2S. The highest BCUT2D eigenvalue weighted by atomic mass is 35.5. The minimum absolute atomic E-state index is 0.180. The smallest absolute Gasteiger partial charge is 0.262 e. The number of fused-ring (bicyclic) bond motifs is 1. The summed E-state index contributed by atoms with van der Waals surface area (Å²) in [6.45, 7) is 3.75. The van der Waals surface area contributed by atoms with Gasteiger partial charge in [-0.1, -0.05) is 35.9 Å². The van der Waals surface area contributed by atoms with Gasteiger partial charge in [0.1, 0.15) is 5.82 Å². The first-order chi connectivity index (χ1) is 14.3. The van der Waals surface area contributed by atoms with E-state index in [2.05, 4.69) is 33.7 Å². The SMILES string of the molecule is Cc1ccc2nc(CCc3ccc(NS(=O)(=O)c4cccc(Cl)c4C)cc3)[nH]c2c1. The maximum Gasteiger partial charge on any atom is 0.262 e. The number of sulfonamides is 1. The quantitative estimate of drug-likeness (QED) is 0.421. The maximum atomic E-state index is 12.7. The number of hydrogen-bond donors (Lipinski definition) is 2. The molecule has 4 rings (SSSR count). The molecule has 0 saturated carbocycles. The van der Waals surface area contributed by atoms with E-state index in [4.69, 9.17) is 11.6 Å². The number of halogens is 1. The van der Waals surface area contributed by atoms with E-state index in [0.717, 1.165) is 35.3 Å². The predicted octanol–water partition coefficient (Wildman–Crippen LogP) is 5.42. The number of nitrogens with zero attached hydrogens (tertiary/aromatic N) is 1. The molecule has 30 heavy (non-hydrogen) atoms. The van der Waals surface area contributed by atoms with Crippen LogP contribution in [0.4, 0.5) is 5.69 Å². The first-order valence-electron chi connectivity index (χ1n) is 9.64. The topological polar surface area (TPSA) is 74.8 Å². The number of aromatic nitrogens is 2. The van der Waals surface area contributed by atoms with Crippen LogP contribution in [0.15, 0.2) is 65.6 Å². The molecule has 0 unspecified atom stereocenters. The number of anilines is 1. The molecule has 0 bridgehead atoms. The zero-order valence-electron chi connectivity index (χ0n) is 16.7. The van der Waals surface area contributed by atoms with E-state index in [1.165, 1.54) is 5.56 Å². The molecule has 1 aromatic heterocycles. The minimum Gasteiger partial charge on any atom is -0.342 e. The third-order valence-corrected chi connectivity index (χ3v) is 6.99. The van der Waals surface area contributed by atoms with Gasteiger partial charge in [0.2, 0.25) is 0 Å². The van der Waals surface area contributed by atoms with Crippen molar-refractivity contribution in [2.24, 2.45) is 0 Å². The molecule has 0 saturated heterocycles. The van der Waals surface area contributed by atoms with Crippen molar-refractivity contribution in [3.63, 3.8) is 0 Å². The van der Waals surface area contributed by atoms with Crippen molar-refractivity contribution in [3.05, 3.63) is 88.2 Å². The highest BCUT2D eigenvalue weighted by molar-refractivity contribution is 7.92. The van der Waals surface area contributed by atoms with Crippen molar-refractivity contribution < 1.29 is 8.42 Å². The number of benzene rings is 3. The Morgan fingerprint density at radius 3 is 2.53 bits per heavy atom. The average Bonchev–Trinajstić information content (AvgIpc) is 3.11. The number of nitrogens with one attached hydrogen (secondary N) is 2. The van der Waals surface area contributed by atoms with Gasteiger partial charge in [-0.05, 0) is 73.4 Å². The van der Waals surface area contributed by atoms with Crippen LogP contribution in [0.2, 0.25) is 5.02 Å². The van der Waals surface area contributed by atoms with Gasteiger partial charge >= 0.3 is 0 Å². The summed E-state index contributed by atoms with van der Waals surface area (Å²) in [5.74, 6) is 0.941. The number of aromatic amines is 1. The van der Waals surface area contributed by atoms with Crippen LogP contribution >= 0.6 is 11.6 Å². The molecular weight excluding hydrogens is 418 g/mol. The molecule has 154 valence electrons. The summed E-state index contributed by atoms with van der Waals surface area (Å²) < 4.78 is 28.0. The summed E-state index contributed by atoms with van der Waals surface area (Å²) in [7, 11) is -3.70. The monoisotopic (exact) mass is 439 g/mol. The molecule has 0 amide bonds. The highest BCUT2D eigenvalue weighted by Gasteiger charge is 2.18. The molecule has 0 fully saturated rings. The number of aryl methyl sites for hydroxylation is 3. The van der Waals surface area contributed by atoms with Gasteiger partial charge in [0, 0.05) is 17.1 Å². The van der Waals surface area contributed by atoms with Gasteiger partial charge in [-0.3, -0.25) is 4.72 Å². The third-order valence-electron chi connectivity index (χ3n) is 5.05. The fraction of sp³-hybridized carbons (Fsp3) is 0.174. The Balaban J connectivity index is 1.44. The second-order valence-corrected chi connectivity index (χ2v) is 9.43. The first-order valence-corrected chi connectivity index (χ1v) is 11.5. The standard InChI is InChI=1S/C23H22ClN3O2S/c1-15-6-12-20-21(14-15)26-23(25-20)13-9-17-7-10-18(11-8-17)27-30(28,29)22-5-3-4-19(24)16(22)2/h3-8,10-12,14,27H,9,13H2,1-2H3,(H,25,26). The Morgan fingerprint density at radius 1 is 1.00 bits per heavy atom. The molecule has 3 aromatic carbocycles. The zero-order chi connectivity index (χ0) is 21.3. The first kappa shape index (κ1) is 20.4. The van der Waals surface area contributed by atoms with Crippen LogP contribution in [-0.4, -0.2) is 18.4 Å². The Labute approximate surface area is 181 Å². The minimum atomic E-state index is -3.70. The van der Waals surface area contributed by atoms with Gasteiger partial charge in [-0.2, -0.15) is 0 Å².